The van der Waals surface area contributed by atoms with Crippen molar-refractivity contribution in [2.24, 2.45) is 0 Å². The molecule has 0 saturated heterocycles. The lowest BCUT2D eigenvalue weighted by atomic mass is 10.1. The van der Waals surface area contributed by atoms with E-state index in [2.05, 4.69) is 20.7 Å². The Bertz CT molecular complexity index is 1190. The average molecular weight is 443 g/mol. The van der Waals surface area contributed by atoms with Crippen LogP contribution in [0.15, 0.2) is 47.4 Å². The number of hydrogen-bond acceptors (Lipinski definition) is 6. The van der Waals surface area contributed by atoms with Crippen molar-refractivity contribution in [2.75, 3.05) is 18.4 Å². The van der Waals surface area contributed by atoms with Crippen LogP contribution < -0.4 is 5.32 Å². The van der Waals surface area contributed by atoms with Gasteiger partial charge in [0, 0.05) is 24.3 Å². The maximum atomic E-state index is 12.8. The number of carbonyl (C=O) groups is 1. The first-order valence-electron chi connectivity index (χ1n) is 10.0. The second-order valence-corrected chi connectivity index (χ2v) is 9.01. The Hall–Kier alpha value is -3.11. The number of rotatable bonds is 8. The molecule has 3 rings (SSSR count). The third kappa shape index (κ3) is 4.97. The smallest absolute Gasteiger partial charge is 0.248 e. The summed E-state index contributed by atoms with van der Waals surface area (Å²) < 4.78 is 26.9. The van der Waals surface area contributed by atoms with Crippen LogP contribution in [0, 0.1) is 13.8 Å². The second-order valence-electron chi connectivity index (χ2n) is 7.07. The van der Waals surface area contributed by atoms with E-state index in [9.17, 15) is 13.2 Å². The predicted octanol–water partition coefficient (Wildman–Crippen LogP) is 2.63. The molecule has 0 radical (unpaired) electrons. The van der Waals surface area contributed by atoms with Gasteiger partial charge in [-0.25, -0.2) is 8.42 Å². The fraction of sp³-hybridized carbons (Fsp3) is 0.333. The van der Waals surface area contributed by atoms with Gasteiger partial charge in [0.15, 0.2) is 0 Å². The minimum Gasteiger partial charge on any atom is -0.324 e. The lowest BCUT2D eigenvalue weighted by Gasteiger charge is -2.19. The summed E-state index contributed by atoms with van der Waals surface area (Å²) in [6.45, 7) is 7.91. The van der Waals surface area contributed by atoms with E-state index in [1.807, 2.05) is 31.2 Å². The number of sulfonamides is 1. The Morgan fingerprint density at radius 3 is 2.45 bits per heavy atom. The van der Waals surface area contributed by atoms with Crippen LogP contribution in [0.1, 0.15) is 25.0 Å². The van der Waals surface area contributed by atoms with Crippen LogP contribution in [0.5, 0.6) is 0 Å². The third-order valence-electron chi connectivity index (χ3n) is 4.95. The van der Waals surface area contributed by atoms with E-state index >= 15 is 0 Å². The van der Waals surface area contributed by atoms with Crippen molar-refractivity contribution >= 4 is 21.6 Å². The van der Waals surface area contributed by atoms with E-state index in [0.717, 1.165) is 16.7 Å². The molecule has 1 amide bonds. The van der Waals surface area contributed by atoms with Gasteiger partial charge in [-0.2, -0.15) is 9.10 Å². The van der Waals surface area contributed by atoms with Gasteiger partial charge in [-0.1, -0.05) is 44.2 Å². The van der Waals surface area contributed by atoms with Crippen molar-refractivity contribution in [1.82, 2.24) is 24.5 Å². The molecule has 0 unspecified atom stereocenters. The highest BCUT2D eigenvalue weighted by Crippen LogP contribution is 2.23. The molecule has 0 saturated carbocycles. The number of anilines is 1. The second kappa shape index (κ2) is 9.36. The number of amides is 1. The molecule has 1 aromatic heterocycles. The first kappa shape index (κ1) is 22.6. The van der Waals surface area contributed by atoms with Crippen molar-refractivity contribution in [1.29, 1.82) is 0 Å². The first-order valence-corrected chi connectivity index (χ1v) is 11.4. The number of aromatic nitrogens is 4. The summed E-state index contributed by atoms with van der Waals surface area (Å²) in [5, 5.41) is 15.0. The number of tetrazole rings is 1. The topological polar surface area (TPSA) is 110 Å². The minimum atomic E-state index is -3.62. The van der Waals surface area contributed by atoms with E-state index in [4.69, 9.17) is 0 Å². The molecule has 0 spiro atoms. The standard InChI is InChI=1S/C21H26N6O3S/c1-5-26(6-2)31(29,30)17-12-11-16(4)19(13-17)22-20(28)14-27-24-21(23-25-27)18-10-8-7-9-15(18)3/h7-13H,5-6,14H2,1-4H3,(H,22,28). The van der Waals surface area contributed by atoms with Gasteiger partial charge < -0.3 is 5.32 Å². The molecule has 31 heavy (non-hydrogen) atoms. The zero-order chi connectivity index (χ0) is 22.6. The summed E-state index contributed by atoms with van der Waals surface area (Å²) in [5.41, 5.74) is 3.03. The van der Waals surface area contributed by atoms with Crippen LogP contribution in [0.2, 0.25) is 0 Å². The molecule has 0 fully saturated rings. The first-order chi connectivity index (χ1) is 14.8. The van der Waals surface area contributed by atoms with Crippen molar-refractivity contribution in [3.63, 3.8) is 0 Å². The molecule has 0 atom stereocenters. The molecule has 0 aliphatic heterocycles. The Labute approximate surface area is 182 Å². The minimum absolute atomic E-state index is 0.137. The van der Waals surface area contributed by atoms with Gasteiger partial charge in [-0.15, -0.1) is 10.2 Å². The Morgan fingerprint density at radius 2 is 1.77 bits per heavy atom. The van der Waals surface area contributed by atoms with E-state index < -0.39 is 10.0 Å². The molecule has 0 aliphatic carbocycles. The number of aryl methyl sites for hydroxylation is 2. The summed E-state index contributed by atoms with van der Waals surface area (Å²) in [5.74, 6) is 0.0589. The molecule has 3 aromatic rings. The van der Waals surface area contributed by atoms with Crippen molar-refractivity contribution < 1.29 is 13.2 Å². The fourth-order valence-electron chi connectivity index (χ4n) is 3.17. The van der Waals surface area contributed by atoms with E-state index in [1.165, 1.54) is 15.2 Å². The molecular weight excluding hydrogens is 416 g/mol. The van der Waals surface area contributed by atoms with Gasteiger partial charge >= 0.3 is 0 Å². The highest BCUT2D eigenvalue weighted by atomic mass is 32.2. The van der Waals surface area contributed by atoms with E-state index in [-0.39, 0.29) is 17.3 Å². The zero-order valence-electron chi connectivity index (χ0n) is 18.0. The maximum Gasteiger partial charge on any atom is 0.248 e. The Morgan fingerprint density at radius 1 is 1.06 bits per heavy atom. The molecule has 1 N–H and O–H groups in total. The third-order valence-corrected chi connectivity index (χ3v) is 7.00. The van der Waals surface area contributed by atoms with E-state index in [0.29, 0.717) is 24.6 Å². The van der Waals surface area contributed by atoms with Crippen LogP contribution in [-0.4, -0.2) is 51.9 Å². The Kier molecular flexibility index (Phi) is 6.81. The number of nitrogens with one attached hydrogen (secondary N) is 1. The van der Waals surface area contributed by atoms with Crippen LogP contribution in [0.3, 0.4) is 0 Å². The molecule has 1 heterocycles. The fourth-order valence-corrected chi connectivity index (χ4v) is 4.65. The quantitative estimate of drug-likeness (QED) is 0.574. The highest BCUT2D eigenvalue weighted by Gasteiger charge is 2.22. The molecule has 0 bridgehead atoms. The van der Waals surface area contributed by atoms with Gasteiger partial charge in [0.1, 0.15) is 6.54 Å². The van der Waals surface area contributed by atoms with Crippen molar-refractivity contribution in [2.45, 2.75) is 39.1 Å². The van der Waals surface area contributed by atoms with Crippen molar-refractivity contribution in [3.8, 4) is 11.4 Å². The molecular formula is C21H26N6O3S. The summed E-state index contributed by atoms with van der Waals surface area (Å²) in [6, 6.07) is 12.4. The lowest BCUT2D eigenvalue weighted by Crippen LogP contribution is -2.30. The maximum absolute atomic E-state index is 12.8. The van der Waals surface area contributed by atoms with Gasteiger partial charge in [0.25, 0.3) is 0 Å². The number of carbonyl (C=O) groups excluding carboxylic acids is 1. The lowest BCUT2D eigenvalue weighted by molar-refractivity contribution is -0.117. The summed E-state index contributed by atoms with van der Waals surface area (Å²) in [6.07, 6.45) is 0. The number of hydrogen-bond donors (Lipinski definition) is 1. The largest absolute Gasteiger partial charge is 0.324 e. The molecule has 0 aliphatic rings. The average Bonchev–Trinajstić information content (AvgIpc) is 3.18. The highest BCUT2D eigenvalue weighted by molar-refractivity contribution is 7.89. The summed E-state index contributed by atoms with van der Waals surface area (Å²) in [4.78, 5) is 13.9. The SMILES string of the molecule is CCN(CC)S(=O)(=O)c1ccc(C)c(NC(=O)Cn2nnc(-c3ccccc3C)n2)c1. The Balaban J connectivity index is 1.76. The van der Waals surface area contributed by atoms with E-state index in [1.54, 1.807) is 32.9 Å². The molecule has 164 valence electrons. The zero-order valence-corrected chi connectivity index (χ0v) is 18.8. The number of nitrogens with zero attached hydrogens (tertiary/aromatic N) is 5. The van der Waals surface area contributed by atoms with Gasteiger partial charge in [-0.3, -0.25) is 4.79 Å². The predicted molar refractivity (Wildman–Crippen MR) is 118 cm³/mol. The monoisotopic (exact) mass is 442 g/mol. The van der Waals surface area contributed by atoms with Gasteiger partial charge in [0.2, 0.25) is 21.8 Å². The van der Waals surface area contributed by atoms with Crippen LogP contribution in [-0.2, 0) is 21.4 Å². The summed E-state index contributed by atoms with van der Waals surface area (Å²) in [7, 11) is -3.62. The summed E-state index contributed by atoms with van der Waals surface area (Å²) >= 11 is 0. The van der Waals surface area contributed by atoms with Crippen molar-refractivity contribution in [3.05, 3.63) is 53.6 Å². The van der Waals surface area contributed by atoms with Gasteiger partial charge in [-0.05, 0) is 42.3 Å². The van der Waals surface area contributed by atoms with Crippen LogP contribution in [0.4, 0.5) is 5.69 Å². The van der Waals surface area contributed by atoms with Crippen LogP contribution in [0.25, 0.3) is 11.4 Å². The van der Waals surface area contributed by atoms with Gasteiger partial charge in [0.05, 0.1) is 4.90 Å². The molecule has 10 heteroatoms. The molecule has 2 aromatic carbocycles. The molecule has 9 nitrogen and oxygen atoms in total. The number of benzene rings is 2. The normalized spacial score (nSPS) is 11.6. The van der Waals surface area contributed by atoms with Crippen LogP contribution >= 0.6 is 0 Å².